The second-order valence-corrected chi connectivity index (χ2v) is 6.94. The quantitative estimate of drug-likeness (QED) is 0.881. The van der Waals surface area contributed by atoms with Crippen LogP contribution < -0.4 is 5.73 Å². The summed E-state index contributed by atoms with van der Waals surface area (Å²) in [4.78, 5) is 0. The molecule has 1 aromatic carbocycles. The highest BCUT2D eigenvalue weighted by Gasteiger charge is 2.66. The van der Waals surface area contributed by atoms with Gasteiger partial charge >= 0.3 is 0 Å². The summed E-state index contributed by atoms with van der Waals surface area (Å²) in [5.41, 5.74) is 7.87. The third kappa shape index (κ3) is 2.06. The van der Waals surface area contributed by atoms with Gasteiger partial charge in [0.15, 0.2) is 0 Å². The summed E-state index contributed by atoms with van der Waals surface area (Å²) < 4.78 is 13.1. The van der Waals surface area contributed by atoms with E-state index in [0.717, 1.165) is 12.0 Å². The van der Waals surface area contributed by atoms with Gasteiger partial charge in [0.1, 0.15) is 5.82 Å². The van der Waals surface area contributed by atoms with E-state index in [1.807, 2.05) is 0 Å². The molecule has 2 rings (SSSR count). The number of hydrogen-bond donors (Lipinski definition) is 1. The van der Waals surface area contributed by atoms with Crippen LogP contribution in [0.1, 0.15) is 33.3 Å². The molecule has 0 spiro atoms. The lowest BCUT2D eigenvalue weighted by atomic mass is 9.98. The predicted molar refractivity (Wildman–Crippen MR) is 74.1 cm³/mol. The average Bonchev–Trinajstić information content (AvgIpc) is 2.63. The maximum atomic E-state index is 13.1. The Balaban J connectivity index is 2.09. The van der Waals surface area contributed by atoms with Crippen LogP contribution in [0.25, 0.3) is 0 Å². The van der Waals surface area contributed by atoms with Crippen molar-refractivity contribution in [1.29, 1.82) is 0 Å². The summed E-state index contributed by atoms with van der Waals surface area (Å²) in [6.07, 6.45) is 0.748. The monoisotopic (exact) mass is 269 g/mol. The minimum atomic E-state index is -0.374. The molecule has 0 bridgehead atoms. The van der Waals surface area contributed by atoms with Gasteiger partial charge in [-0.15, -0.1) is 0 Å². The Bertz CT molecular complexity index is 454. The maximum Gasteiger partial charge on any atom is 0.141 e. The summed E-state index contributed by atoms with van der Waals surface area (Å²) in [6.45, 7) is 9.04. The molecule has 0 heterocycles. The first-order chi connectivity index (χ1) is 8.18. The van der Waals surface area contributed by atoms with Crippen molar-refractivity contribution < 1.29 is 4.39 Å². The molecule has 1 atom stereocenters. The van der Waals surface area contributed by atoms with Crippen molar-refractivity contribution in [2.24, 2.45) is 22.5 Å². The molecule has 1 nitrogen and oxygen atoms in total. The van der Waals surface area contributed by atoms with Crippen LogP contribution in [0.2, 0.25) is 5.02 Å². The van der Waals surface area contributed by atoms with E-state index in [2.05, 4.69) is 27.7 Å². The standard InChI is InChI=1S/C15H21ClFN/c1-14(2)13(15(14,3)4)12(18)8-9-5-6-11(17)10(16)7-9/h5-7,12-13H,8,18H2,1-4H3. The first kappa shape index (κ1) is 13.8. The van der Waals surface area contributed by atoms with Gasteiger partial charge < -0.3 is 5.73 Å². The summed E-state index contributed by atoms with van der Waals surface area (Å²) in [6, 6.07) is 4.95. The van der Waals surface area contributed by atoms with Crippen LogP contribution in [0.3, 0.4) is 0 Å². The number of rotatable bonds is 3. The summed E-state index contributed by atoms with van der Waals surface area (Å²) in [7, 11) is 0. The van der Waals surface area contributed by atoms with Gasteiger partial charge in [0.05, 0.1) is 5.02 Å². The van der Waals surface area contributed by atoms with E-state index in [4.69, 9.17) is 17.3 Å². The zero-order valence-electron chi connectivity index (χ0n) is 11.4. The lowest BCUT2D eigenvalue weighted by Gasteiger charge is -2.14. The zero-order chi connectivity index (χ0) is 13.7. The smallest absolute Gasteiger partial charge is 0.141 e. The third-order valence-electron chi connectivity index (χ3n) is 5.02. The highest BCUT2D eigenvalue weighted by Crippen LogP contribution is 2.69. The van der Waals surface area contributed by atoms with E-state index < -0.39 is 0 Å². The van der Waals surface area contributed by atoms with Crippen molar-refractivity contribution in [3.8, 4) is 0 Å². The molecule has 18 heavy (non-hydrogen) atoms. The molecule has 1 aliphatic carbocycles. The van der Waals surface area contributed by atoms with Crippen molar-refractivity contribution in [1.82, 2.24) is 0 Å². The Morgan fingerprint density at radius 1 is 1.28 bits per heavy atom. The van der Waals surface area contributed by atoms with Gasteiger partial charge in [-0.25, -0.2) is 4.39 Å². The van der Waals surface area contributed by atoms with Gasteiger partial charge in [-0.05, 0) is 40.9 Å². The molecule has 0 aliphatic heterocycles. The molecule has 100 valence electrons. The van der Waals surface area contributed by atoms with E-state index in [1.165, 1.54) is 6.07 Å². The van der Waals surface area contributed by atoms with Crippen molar-refractivity contribution in [2.45, 2.75) is 40.2 Å². The largest absolute Gasteiger partial charge is 0.327 e. The van der Waals surface area contributed by atoms with Gasteiger partial charge in [-0.2, -0.15) is 0 Å². The third-order valence-corrected chi connectivity index (χ3v) is 5.31. The molecule has 3 heteroatoms. The molecule has 2 N–H and O–H groups in total. The normalized spacial score (nSPS) is 22.8. The first-order valence-corrected chi connectivity index (χ1v) is 6.75. The van der Waals surface area contributed by atoms with E-state index in [1.54, 1.807) is 12.1 Å². The molecule has 0 radical (unpaired) electrons. The van der Waals surface area contributed by atoms with Gasteiger partial charge in [0.25, 0.3) is 0 Å². The molecule has 0 aromatic heterocycles. The van der Waals surface area contributed by atoms with Crippen LogP contribution in [-0.4, -0.2) is 6.04 Å². The molecule has 0 saturated heterocycles. The average molecular weight is 270 g/mol. The van der Waals surface area contributed by atoms with Crippen LogP contribution in [0, 0.1) is 22.6 Å². The van der Waals surface area contributed by atoms with Gasteiger partial charge in [0.2, 0.25) is 0 Å². The maximum absolute atomic E-state index is 13.1. The molecular weight excluding hydrogens is 249 g/mol. The van der Waals surface area contributed by atoms with Crippen LogP contribution in [0.4, 0.5) is 4.39 Å². The minimum absolute atomic E-state index is 0.0940. The number of nitrogens with two attached hydrogens (primary N) is 1. The topological polar surface area (TPSA) is 26.0 Å². The zero-order valence-corrected chi connectivity index (χ0v) is 12.2. The van der Waals surface area contributed by atoms with Gasteiger partial charge in [0, 0.05) is 6.04 Å². The first-order valence-electron chi connectivity index (χ1n) is 6.37. The fourth-order valence-electron chi connectivity index (χ4n) is 3.37. The Kier molecular flexibility index (Phi) is 3.23. The van der Waals surface area contributed by atoms with Crippen LogP contribution in [0.5, 0.6) is 0 Å². The van der Waals surface area contributed by atoms with Gasteiger partial charge in [-0.3, -0.25) is 0 Å². The summed E-state index contributed by atoms with van der Waals surface area (Å²) >= 11 is 5.79. The molecule has 1 unspecified atom stereocenters. The van der Waals surface area contributed by atoms with E-state index >= 15 is 0 Å². The lowest BCUT2D eigenvalue weighted by Crippen LogP contribution is -2.28. The Labute approximate surface area is 114 Å². The number of hydrogen-bond acceptors (Lipinski definition) is 1. The Morgan fingerprint density at radius 3 is 2.28 bits per heavy atom. The SMILES string of the molecule is CC1(C)C(C(N)Cc2ccc(F)c(Cl)c2)C1(C)C. The fourth-order valence-corrected chi connectivity index (χ4v) is 3.58. The summed E-state index contributed by atoms with van der Waals surface area (Å²) in [5.74, 6) is 0.120. The lowest BCUT2D eigenvalue weighted by molar-refractivity contribution is 0.457. The van der Waals surface area contributed by atoms with E-state index in [0.29, 0.717) is 5.92 Å². The minimum Gasteiger partial charge on any atom is -0.327 e. The van der Waals surface area contributed by atoms with Gasteiger partial charge in [-0.1, -0.05) is 45.4 Å². The van der Waals surface area contributed by atoms with Crippen molar-refractivity contribution in [3.63, 3.8) is 0 Å². The molecule has 1 aromatic rings. The van der Waals surface area contributed by atoms with Crippen molar-refractivity contribution in [3.05, 3.63) is 34.6 Å². The molecule has 1 saturated carbocycles. The highest BCUT2D eigenvalue weighted by molar-refractivity contribution is 6.30. The second kappa shape index (κ2) is 4.21. The second-order valence-electron chi connectivity index (χ2n) is 6.54. The highest BCUT2D eigenvalue weighted by atomic mass is 35.5. The molecule has 1 aliphatic rings. The Morgan fingerprint density at radius 2 is 1.83 bits per heavy atom. The van der Waals surface area contributed by atoms with Crippen LogP contribution >= 0.6 is 11.6 Å². The van der Waals surface area contributed by atoms with Crippen LogP contribution in [0.15, 0.2) is 18.2 Å². The van der Waals surface area contributed by atoms with E-state index in [9.17, 15) is 4.39 Å². The Hall–Kier alpha value is -0.600. The fraction of sp³-hybridized carbons (Fsp3) is 0.600. The van der Waals surface area contributed by atoms with Crippen LogP contribution in [-0.2, 0) is 6.42 Å². The molecule has 1 fully saturated rings. The van der Waals surface area contributed by atoms with Crippen molar-refractivity contribution in [2.75, 3.05) is 0 Å². The van der Waals surface area contributed by atoms with Crippen molar-refractivity contribution >= 4 is 11.6 Å². The van der Waals surface area contributed by atoms with E-state index in [-0.39, 0.29) is 27.7 Å². The predicted octanol–water partition coefficient (Wildman–Crippen LogP) is 4.03. The number of benzene rings is 1. The summed E-state index contributed by atoms with van der Waals surface area (Å²) in [5, 5.41) is 0.175. The number of halogens is 2. The molecule has 0 amide bonds. The molecular formula is C15H21ClFN.